The number of halogens is 5. The van der Waals surface area contributed by atoms with Gasteiger partial charge in [-0.05, 0) is 36.6 Å². The lowest BCUT2D eigenvalue weighted by atomic mass is 10.0. The van der Waals surface area contributed by atoms with E-state index in [1.807, 2.05) is 0 Å². The fraction of sp³-hybridized carbons (Fsp3) is 0.333. The van der Waals surface area contributed by atoms with Crippen molar-refractivity contribution in [2.75, 3.05) is 0 Å². The summed E-state index contributed by atoms with van der Waals surface area (Å²) in [6, 6.07) is 3.34. The zero-order chi connectivity index (χ0) is 13.1. The van der Waals surface area contributed by atoms with Gasteiger partial charge in [-0.1, -0.05) is 22.0 Å². The Labute approximate surface area is 119 Å². The van der Waals surface area contributed by atoms with Crippen molar-refractivity contribution in [2.24, 2.45) is 5.73 Å². The molecular formula is C12H14BrClF3N. The van der Waals surface area contributed by atoms with Crippen LogP contribution in [0, 0.1) is 0 Å². The Morgan fingerprint density at radius 3 is 2.44 bits per heavy atom. The maximum absolute atomic E-state index is 12.6. The summed E-state index contributed by atoms with van der Waals surface area (Å²) in [6.45, 7) is 3.56. The Kier molecular flexibility index (Phi) is 6.96. The molecule has 0 saturated carbocycles. The van der Waals surface area contributed by atoms with E-state index in [-0.39, 0.29) is 12.4 Å². The molecule has 0 spiro atoms. The van der Waals surface area contributed by atoms with Crippen molar-refractivity contribution < 1.29 is 13.2 Å². The highest BCUT2D eigenvalue weighted by molar-refractivity contribution is 9.10. The molecule has 1 atom stereocenters. The first-order chi connectivity index (χ1) is 7.84. The number of hydrogen-bond donors (Lipinski definition) is 1. The third kappa shape index (κ3) is 5.00. The molecule has 0 aliphatic carbocycles. The van der Waals surface area contributed by atoms with Crippen molar-refractivity contribution in [3.8, 4) is 0 Å². The molecule has 1 aromatic rings. The van der Waals surface area contributed by atoms with Gasteiger partial charge >= 0.3 is 6.18 Å². The topological polar surface area (TPSA) is 26.0 Å². The molecule has 0 fully saturated rings. The minimum atomic E-state index is -4.35. The quantitative estimate of drug-likeness (QED) is 0.776. The van der Waals surface area contributed by atoms with Gasteiger partial charge in [0, 0.05) is 10.5 Å². The van der Waals surface area contributed by atoms with E-state index in [4.69, 9.17) is 5.73 Å². The van der Waals surface area contributed by atoms with Crippen LogP contribution in [0.1, 0.15) is 30.0 Å². The second-order valence-corrected chi connectivity index (χ2v) is 4.66. The van der Waals surface area contributed by atoms with Crippen LogP contribution in [-0.2, 0) is 6.18 Å². The fourth-order valence-electron chi connectivity index (χ4n) is 1.45. The van der Waals surface area contributed by atoms with Crippen molar-refractivity contribution in [1.29, 1.82) is 0 Å². The highest BCUT2D eigenvalue weighted by Crippen LogP contribution is 2.33. The van der Waals surface area contributed by atoms with Crippen LogP contribution in [0.3, 0.4) is 0 Å². The first-order valence-corrected chi connectivity index (χ1v) is 5.88. The van der Waals surface area contributed by atoms with E-state index >= 15 is 0 Å². The SMILES string of the molecule is C=CCC[C@@H](N)c1cc(Br)cc(C(F)(F)F)c1.Cl. The smallest absolute Gasteiger partial charge is 0.324 e. The summed E-state index contributed by atoms with van der Waals surface area (Å²) in [6.07, 6.45) is -1.40. The molecule has 6 heteroatoms. The van der Waals surface area contributed by atoms with E-state index in [9.17, 15) is 13.2 Å². The van der Waals surface area contributed by atoms with Crippen LogP contribution in [0.4, 0.5) is 13.2 Å². The van der Waals surface area contributed by atoms with Gasteiger partial charge in [0.1, 0.15) is 0 Å². The number of nitrogens with two attached hydrogens (primary N) is 1. The molecule has 2 N–H and O–H groups in total. The Hall–Kier alpha value is -0.520. The molecule has 0 heterocycles. The van der Waals surface area contributed by atoms with Crippen molar-refractivity contribution in [1.82, 2.24) is 0 Å². The summed E-state index contributed by atoms with van der Waals surface area (Å²) < 4.78 is 38.1. The summed E-state index contributed by atoms with van der Waals surface area (Å²) in [7, 11) is 0. The van der Waals surface area contributed by atoms with Gasteiger partial charge in [0.25, 0.3) is 0 Å². The van der Waals surface area contributed by atoms with Gasteiger partial charge in [0.05, 0.1) is 5.56 Å². The van der Waals surface area contributed by atoms with Crippen LogP contribution in [0.25, 0.3) is 0 Å². The Bertz CT molecular complexity index is 407. The standard InChI is InChI=1S/C12H13BrF3N.ClH/c1-2-3-4-11(17)8-5-9(12(14,15)16)7-10(13)6-8;/h2,5-7,11H,1,3-4,17H2;1H/t11-;/m1./s1. The van der Waals surface area contributed by atoms with Crippen molar-refractivity contribution >= 4 is 28.3 Å². The minimum absolute atomic E-state index is 0. The lowest BCUT2D eigenvalue weighted by molar-refractivity contribution is -0.137. The molecule has 18 heavy (non-hydrogen) atoms. The Morgan fingerprint density at radius 1 is 1.33 bits per heavy atom. The number of hydrogen-bond acceptors (Lipinski definition) is 1. The highest BCUT2D eigenvalue weighted by Gasteiger charge is 2.31. The van der Waals surface area contributed by atoms with Crippen LogP contribution < -0.4 is 5.73 Å². The van der Waals surface area contributed by atoms with Gasteiger partial charge < -0.3 is 5.73 Å². The average Bonchev–Trinajstić information content (AvgIpc) is 2.23. The number of allylic oxidation sites excluding steroid dienone is 1. The first kappa shape index (κ1) is 17.5. The largest absolute Gasteiger partial charge is 0.416 e. The predicted molar refractivity (Wildman–Crippen MR) is 72.8 cm³/mol. The van der Waals surface area contributed by atoms with Crippen molar-refractivity contribution in [3.63, 3.8) is 0 Å². The lowest BCUT2D eigenvalue weighted by Crippen LogP contribution is -2.12. The van der Waals surface area contributed by atoms with Gasteiger partial charge in [-0.15, -0.1) is 19.0 Å². The number of rotatable bonds is 4. The van der Waals surface area contributed by atoms with Gasteiger partial charge in [0.15, 0.2) is 0 Å². The average molecular weight is 345 g/mol. The number of alkyl halides is 3. The van der Waals surface area contributed by atoms with Crippen LogP contribution in [-0.4, -0.2) is 0 Å². The molecule has 0 unspecified atom stereocenters. The molecule has 0 aliphatic heterocycles. The summed E-state index contributed by atoms with van der Waals surface area (Å²) >= 11 is 3.07. The minimum Gasteiger partial charge on any atom is -0.324 e. The third-order valence-electron chi connectivity index (χ3n) is 2.36. The molecular weight excluding hydrogens is 330 g/mol. The highest BCUT2D eigenvalue weighted by atomic mass is 79.9. The molecule has 0 radical (unpaired) electrons. The summed E-state index contributed by atoms with van der Waals surface area (Å²) in [4.78, 5) is 0. The Balaban J connectivity index is 0.00000289. The summed E-state index contributed by atoms with van der Waals surface area (Å²) in [5.41, 5.74) is 5.62. The van der Waals surface area contributed by atoms with Gasteiger partial charge in [-0.25, -0.2) is 0 Å². The molecule has 0 amide bonds. The fourth-order valence-corrected chi connectivity index (χ4v) is 1.97. The second-order valence-electron chi connectivity index (χ2n) is 3.74. The maximum Gasteiger partial charge on any atom is 0.416 e. The summed E-state index contributed by atoms with van der Waals surface area (Å²) in [5.74, 6) is 0. The van der Waals surface area contributed by atoms with Gasteiger partial charge in [-0.2, -0.15) is 13.2 Å². The molecule has 0 saturated heterocycles. The van der Waals surface area contributed by atoms with Crippen LogP contribution in [0.2, 0.25) is 0 Å². The lowest BCUT2D eigenvalue weighted by Gasteiger charge is -2.14. The normalized spacial score (nSPS) is 12.7. The third-order valence-corrected chi connectivity index (χ3v) is 2.82. The zero-order valence-corrected chi connectivity index (χ0v) is 11.9. The van der Waals surface area contributed by atoms with E-state index in [2.05, 4.69) is 22.5 Å². The van der Waals surface area contributed by atoms with Gasteiger partial charge in [-0.3, -0.25) is 0 Å². The van der Waals surface area contributed by atoms with Crippen LogP contribution in [0.15, 0.2) is 35.3 Å². The van der Waals surface area contributed by atoms with E-state index < -0.39 is 17.8 Å². The van der Waals surface area contributed by atoms with Crippen molar-refractivity contribution in [2.45, 2.75) is 25.1 Å². The Morgan fingerprint density at radius 2 is 1.94 bits per heavy atom. The van der Waals surface area contributed by atoms with E-state index in [1.54, 1.807) is 12.1 Å². The van der Waals surface area contributed by atoms with Crippen LogP contribution in [0.5, 0.6) is 0 Å². The molecule has 1 nitrogen and oxygen atoms in total. The molecule has 1 rings (SSSR count). The maximum atomic E-state index is 12.6. The molecule has 0 aliphatic rings. The predicted octanol–water partition coefficient (Wildman–Crippen LogP) is 4.86. The first-order valence-electron chi connectivity index (χ1n) is 5.08. The van der Waals surface area contributed by atoms with Crippen molar-refractivity contribution in [3.05, 3.63) is 46.5 Å². The molecule has 0 bridgehead atoms. The monoisotopic (exact) mass is 343 g/mol. The zero-order valence-electron chi connectivity index (χ0n) is 9.51. The second kappa shape index (κ2) is 7.16. The van der Waals surface area contributed by atoms with E-state index in [0.717, 1.165) is 12.1 Å². The van der Waals surface area contributed by atoms with E-state index in [1.165, 1.54) is 0 Å². The van der Waals surface area contributed by atoms with Crippen LogP contribution >= 0.6 is 28.3 Å². The number of benzene rings is 1. The summed E-state index contributed by atoms with van der Waals surface area (Å²) in [5, 5.41) is 0. The molecule has 0 aromatic heterocycles. The van der Waals surface area contributed by atoms with E-state index in [0.29, 0.717) is 22.9 Å². The molecule has 1 aromatic carbocycles. The molecule has 102 valence electrons. The van der Waals surface area contributed by atoms with Gasteiger partial charge in [0.2, 0.25) is 0 Å².